The fourth-order valence-electron chi connectivity index (χ4n) is 4.12. The molecule has 0 N–H and O–H groups in total. The molecule has 192 valence electrons. The summed E-state index contributed by atoms with van der Waals surface area (Å²) in [6.45, 7) is 6.87. The Kier molecular flexibility index (Phi) is 7.84. The van der Waals surface area contributed by atoms with Crippen LogP contribution < -0.4 is 9.47 Å². The van der Waals surface area contributed by atoms with Crippen molar-refractivity contribution in [1.29, 1.82) is 15.8 Å². The van der Waals surface area contributed by atoms with E-state index in [1.165, 1.54) is 0 Å². The maximum absolute atomic E-state index is 9.13. The number of fused-ring (bicyclic) bond motifs is 2. The van der Waals surface area contributed by atoms with Gasteiger partial charge in [-0.15, -0.1) is 45.3 Å². The fourth-order valence-corrected chi connectivity index (χ4v) is 8.58. The average Bonchev–Trinajstić information content (AvgIpc) is 3.74. The fraction of sp³-hybridized carbons (Fsp3) is 0.167. The zero-order chi connectivity index (χ0) is 27.5. The molecule has 0 atom stereocenters. The van der Waals surface area contributed by atoms with Crippen molar-refractivity contribution in [3.8, 4) is 49.2 Å². The van der Waals surface area contributed by atoms with Crippen molar-refractivity contribution in [1.82, 2.24) is 0 Å². The minimum Gasteiger partial charge on any atom is -0.492 e. The summed E-state index contributed by atoms with van der Waals surface area (Å²) in [5.41, 5.74) is 0.764. The Labute approximate surface area is 242 Å². The second-order valence-corrected chi connectivity index (χ2v) is 12.7. The number of benzene rings is 1. The summed E-state index contributed by atoms with van der Waals surface area (Å²) < 4.78 is 14.6. The number of hydrogen-bond donors (Lipinski definition) is 0. The van der Waals surface area contributed by atoms with E-state index in [1.54, 1.807) is 51.4 Å². The van der Waals surface area contributed by atoms with Crippen LogP contribution in [0, 0.1) is 34.0 Å². The summed E-state index contributed by atoms with van der Waals surface area (Å²) in [7, 11) is 0. The molecular weight excluding hydrogens is 563 g/mol. The van der Waals surface area contributed by atoms with Crippen molar-refractivity contribution >= 4 is 77.7 Å². The highest BCUT2D eigenvalue weighted by molar-refractivity contribution is 7.28. The van der Waals surface area contributed by atoms with E-state index in [0.29, 0.717) is 18.8 Å². The summed E-state index contributed by atoms with van der Waals surface area (Å²) in [6, 6.07) is 18.5. The third-order valence-electron chi connectivity index (χ3n) is 5.75. The lowest BCUT2D eigenvalue weighted by Crippen LogP contribution is -1.95. The van der Waals surface area contributed by atoms with Gasteiger partial charge in [0.15, 0.2) is 0 Å². The first-order chi connectivity index (χ1) is 19.0. The van der Waals surface area contributed by atoms with Gasteiger partial charge >= 0.3 is 0 Å². The predicted octanol–water partition coefficient (Wildman–Crippen LogP) is 9.73. The van der Waals surface area contributed by atoms with E-state index in [0.717, 1.165) is 60.9 Å². The van der Waals surface area contributed by atoms with Gasteiger partial charge in [0, 0.05) is 45.6 Å². The van der Waals surface area contributed by atoms with Crippen LogP contribution in [0.15, 0.2) is 47.5 Å². The van der Waals surface area contributed by atoms with Crippen molar-refractivity contribution in [2.24, 2.45) is 0 Å². The molecule has 0 saturated heterocycles. The molecular formula is C30H21N3O2S4. The molecule has 0 unspecified atom stereocenters. The molecule has 5 nitrogen and oxygen atoms in total. The Bertz CT molecular complexity index is 1820. The molecule has 5 rings (SSSR count). The van der Waals surface area contributed by atoms with Gasteiger partial charge in [0.05, 0.1) is 28.7 Å². The third kappa shape index (κ3) is 5.21. The van der Waals surface area contributed by atoms with Crippen molar-refractivity contribution in [3.63, 3.8) is 0 Å². The van der Waals surface area contributed by atoms with Gasteiger partial charge in [-0.25, -0.2) is 0 Å². The lowest BCUT2D eigenvalue weighted by atomic mass is 10.1. The monoisotopic (exact) mass is 583 g/mol. The van der Waals surface area contributed by atoms with Crippen molar-refractivity contribution in [3.05, 3.63) is 57.3 Å². The summed E-state index contributed by atoms with van der Waals surface area (Å²) in [5.74, 6) is 1.71. The van der Waals surface area contributed by atoms with E-state index < -0.39 is 0 Å². The zero-order valence-corrected chi connectivity index (χ0v) is 24.6. The van der Waals surface area contributed by atoms with E-state index in [-0.39, 0.29) is 5.57 Å². The van der Waals surface area contributed by atoms with Gasteiger partial charge in [0.1, 0.15) is 29.2 Å². The topological polar surface area (TPSA) is 89.8 Å². The quantitative estimate of drug-likeness (QED) is 0.170. The molecule has 0 aliphatic rings. The molecule has 39 heavy (non-hydrogen) atoms. The molecule has 1 aromatic carbocycles. The molecule has 0 aliphatic carbocycles. The van der Waals surface area contributed by atoms with Crippen molar-refractivity contribution < 1.29 is 9.47 Å². The highest BCUT2D eigenvalue weighted by Gasteiger charge is 2.23. The lowest BCUT2D eigenvalue weighted by molar-refractivity contribution is 0.343. The number of nitriles is 3. The van der Waals surface area contributed by atoms with E-state index in [4.69, 9.17) is 25.3 Å². The summed E-state index contributed by atoms with van der Waals surface area (Å²) in [4.78, 5) is 6.30. The van der Waals surface area contributed by atoms with Gasteiger partial charge in [0.2, 0.25) is 0 Å². The van der Waals surface area contributed by atoms with E-state index in [9.17, 15) is 0 Å². The first-order valence-electron chi connectivity index (χ1n) is 12.1. The second kappa shape index (κ2) is 11.5. The van der Waals surface area contributed by atoms with Gasteiger partial charge in [-0.2, -0.15) is 15.8 Å². The van der Waals surface area contributed by atoms with Crippen LogP contribution in [-0.4, -0.2) is 13.2 Å². The van der Waals surface area contributed by atoms with Crippen LogP contribution in [0.25, 0.3) is 51.8 Å². The standard InChI is InChI=1S/C30H21N3O2S4/c1-4-34-27-21-12-25(23-8-6-19(36-23)10-17(3)14-31)38-29(21)28(35-5-2)22-13-26(39-30(22)27)24-9-7-20(37-24)11-18(15-32)16-33/h6-13H,4-5H2,1-3H3/b17-10-. The molecule has 4 heterocycles. The first-order valence-corrected chi connectivity index (χ1v) is 15.4. The number of rotatable bonds is 8. The van der Waals surface area contributed by atoms with Crippen LogP contribution in [0.1, 0.15) is 30.5 Å². The molecule has 0 amide bonds. The van der Waals surface area contributed by atoms with Crippen LogP contribution in [-0.2, 0) is 0 Å². The molecule has 0 saturated carbocycles. The normalized spacial score (nSPS) is 11.2. The zero-order valence-electron chi connectivity index (χ0n) is 21.3. The summed E-state index contributed by atoms with van der Waals surface area (Å²) in [5, 5.41) is 29.4. The van der Waals surface area contributed by atoms with E-state index in [1.807, 2.05) is 57.2 Å². The maximum Gasteiger partial charge on any atom is 0.146 e. The van der Waals surface area contributed by atoms with Crippen LogP contribution in [0.3, 0.4) is 0 Å². The smallest absolute Gasteiger partial charge is 0.146 e. The largest absolute Gasteiger partial charge is 0.492 e. The molecule has 0 radical (unpaired) electrons. The van der Waals surface area contributed by atoms with Crippen LogP contribution in [0.4, 0.5) is 0 Å². The van der Waals surface area contributed by atoms with E-state index >= 15 is 0 Å². The van der Waals surface area contributed by atoms with Gasteiger partial charge in [-0.3, -0.25) is 0 Å². The van der Waals surface area contributed by atoms with Gasteiger partial charge in [-0.1, -0.05) is 0 Å². The number of ether oxygens (including phenoxy) is 2. The van der Waals surface area contributed by atoms with Crippen molar-refractivity contribution in [2.45, 2.75) is 20.8 Å². The molecule has 9 heteroatoms. The lowest BCUT2D eigenvalue weighted by Gasteiger charge is -2.11. The molecule has 4 aromatic heterocycles. The Balaban J connectivity index is 1.67. The van der Waals surface area contributed by atoms with Crippen molar-refractivity contribution in [2.75, 3.05) is 13.2 Å². The average molecular weight is 584 g/mol. The highest BCUT2D eigenvalue weighted by Crippen LogP contribution is 2.53. The van der Waals surface area contributed by atoms with E-state index in [2.05, 4.69) is 24.3 Å². The maximum atomic E-state index is 9.13. The first kappa shape index (κ1) is 26.7. The van der Waals surface area contributed by atoms with Gasteiger partial charge in [-0.05, 0) is 69.3 Å². The number of thiophene rings is 4. The third-order valence-corrected chi connectivity index (χ3v) is 10.5. The minimum atomic E-state index is 0.0853. The highest BCUT2D eigenvalue weighted by atomic mass is 32.1. The Hall–Kier alpha value is -3.91. The Morgan fingerprint density at radius 3 is 1.62 bits per heavy atom. The second-order valence-electron chi connectivity index (χ2n) is 8.36. The summed E-state index contributed by atoms with van der Waals surface area (Å²) >= 11 is 6.55. The Morgan fingerprint density at radius 2 is 1.18 bits per heavy atom. The molecule has 5 aromatic rings. The number of hydrogen-bond acceptors (Lipinski definition) is 9. The minimum absolute atomic E-state index is 0.0853. The number of nitrogens with zero attached hydrogens (tertiary/aromatic N) is 3. The molecule has 0 fully saturated rings. The summed E-state index contributed by atoms with van der Waals surface area (Å²) in [6.07, 6.45) is 3.52. The van der Waals surface area contributed by atoms with Crippen LogP contribution >= 0.6 is 45.3 Å². The van der Waals surface area contributed by atoms with Gasteiger partial charge in [0.25, 0.3) is 0 Å². The predicted molar refractivity (Wildman–Crippen MR) is 165 cm³/mol. The van der Waals surface area contributed by atoms with Gasteiger partial charge < -0.3 is 9.47 Å². The van der Waals surface area contributed by atoms with Crippen LogP contribution in [0.5, 0.6) is 11.5 Å². The van der Waals surface area contributed by atoms with Crippen LogP contribution in [0.2, 0.25) is 0 Å². The molecule has 0 aliphatic heterocycles. The molecule has 0 bridgehead atoms. The molecule has 0 spiro atoms. The Morgan fingerprint density at radius 1 is 0.692 bits per heavy atom. The number of allylic oxidation sites excluding steroid dienone is 2. The SMILES string of the molecule is CCOc1c2cc(-c3ccc(/C=C(/C)C#N)s3)sc2c(OCC)c2cc(-c3ccc(C=C(C#N)C#N)s3)sc12.